The third-order valence-electron chi connectivity index (χ3n) is 5.57. The third kappa shape index (κ3) is 3.84. The number of sulfonamides is 1. The summed E-state index contributed by atoms with van der Waals surface area (Å²) in [5, 5.41) is 3.27. The Balaban J connectivity index is 1.55. The average molecular weight is 387 g/mol. The molecular weight excluding hydrogens is 360 g/mol. The van der Waals surface area contributed by atoms with Crippen LogP contribution in [0.3, 0.4) is 0 Å². The summed E-state index contributed by atoms with van der Waals surface area (Å²) in [6, 6.07) is 8.97. The van der Waals surface area contributed by atoms with Crippen LogP contribution in [0, 0.1) is 32.6 Å². The number of hydrogen-bond acceptors (Lipinski definition) is 5. The van der Waals surface area contributed by atoms with Gasteiger partial charge in [-0.05, 0) is 63.6 Å². The van der Waals surface area contributed by atoms with Crippen LogP contribution in [0.15, 0.2) is 35.2 Å². The average Bonchev–Trinajstić information content (AvgIpc) is 3.37. The van der Waals surface area contributed by atoms with Crippen molar-refractivity contribution in [3.63, 3.8) is 0 Å². The first-order valence-corrected chi connectivity index (χ1v) is 10.9. The van der Waals surface area contributed by atoms with E-state index in [0.29, 0.717) is 35.8 Å². The van der Waals surface area contributed by atoms with Gasteiger partial charge in [-0.1, -0.05) is 17.7 Å². The molecular formula is C20H26N4O2S. The van der Waals surface area contributed by atoms with Gasteiger partial charge in [-0.2, -0.15) is 4.31 Å². The van der Waals surface area contributed by atoms with Gasteiger partial charge in [-0.15, -0.1) is 0 Å². The Morgan fingerprint density at radius 2 is 1.70 bits per heavy atom. The smallest absolute Gasteiger partial charge is 0.243 e. The number of nitrogens with one attached hydrogen (secondary N) is 1. The molecule has 1 saturated carbocycles. The summed E-state index contributed by atoms with van der Waals surface area (Å²) in [6.45, 7) is 6.97. The van der Waals surface area contributed by atoms with Crippen molar-refractivity contribution in [2.45, 2.75) is 44.6 Å². The van der Waals surface area contributed by atoms with Gasteiger partial charge in [-0.25, -0.2) is 18.4 Å². The molecule has 0 bridgehead atoms. The zero-order chi connectivity index (χ0) is 19.2. The molecule has 7 heteroatoms. The SMILES string of the molecule is Cc1ccc(S(=O)(=O)N2CC3CC3CC2CNc2nc(C)cc(C)n2)cc1. The molecule has 3 atom stereocenters. The lowest BCUT2D eigenvalue weighted by atomic mass is 10.0. The molecule has 3 unspecified atom stereocenters. The Morgan fingerprint density at radius 1 is 1.04 bits per heavy atom. The van der Waals surface area contributed by atoms with Crippen LogP contribution >= 0.6 is 0 Å². The lowest BCUT2D eigenvalue weighted by Crippen LogP contribution is -2.48. The van der Waals surface area contributed by atoms with E-state index in [0.717, 1.165) is 29.8 Å². The highest BCUT2D eigenvalue weighted by Gasteiger charge is 2.49. The monoisotopic (exact) mass is 386 g/mol. The quantitative estimate of drug-likeness (QED) is 0.855. The van der Waals surface area contributed by atoms with Gasteiger partial charge in [0.15, 0.2) is 0 Å². The molecule has 1 aliphatic carbocycles. The van der Waals surface area contributed by atoms with Gasteiger partial charge >= 0.3 is 0 Å². The second-order valence-electron chi connectivity index (χ2n) is 7.89. The number of anilines is 1. The van der Waals surface area contributed by atoms with Crippen LogP contribution in [0.1, 0.15) is 29.8 Å². The first kappa shape index (κ1) is 18.4. The van der Waals surface area contributed by atoms with Gasteiger partial charge in [-0.3, -0.25) is 0 Å². The van der Waals surface area contributed by atoms with Crippen LogP contribution in [0.5, 0.6) is 0 Å². The predicted octanol–water partition coefficient (Wildman–Crippen LogP) is 2.91. The highest BCUT2D eigenvalue weighted by Crippen LogP contribution is 2.48. The minimum Gasteiger partial charge on any atom is -0.353 e. The minimum absolute atomic E-state index is 0.0792. The number of nitrogens with zero attached hydrogens (tertiary/aromatic N) is 3. The molecule has 27 heavy (non-hydrogen) atoms. The number of aryl methyl sites for hydroxylation is 3. The van der Waals surface area contributed by atoms with Crippen LogP contribution in [0.4, 0.5) is 5.95 Å². The molecule has 2 heterocycles. The summed E-state index contributed by atoms with van der Waals surface area (Å²) in [7, 11) is -3.50. The van der Waals surface area contributed by atoms with E-state index in [2.05, 4.69) is 15.3 Å². The Kier molecular flexibility index (Phi) is 4.68. The van der Waals surface area contributed by atoms with Gasteiger partial charge in [0, 0.05) is 30.5 Å². The fourth-order valence-corrected chi connectivity index (χ4v) is 5.70. The van der Waals surface area contributed by atoms with E-state index < -0.39 is 10.0 Å². The largest absolute Gasteiger partial charge is 0.353 e. The normalized spacial score (nSPS) is 25.1. The maximum Gasteiger partial charge on any atom is 0.243 e. The highest BCUT2D eigenvalue weighted by molar-refractivity contribution is 7.89. The van der Waals surface area contributed by atoms with Crippen molar-refractivity contribution in [1.82, 2.24) is 14.3 Å². The summed E-state index contributed by atoms with van der Waals surface area (Å²) in [4.78, 5) is 9.20. The maximum atomic E-state index is 13.3. The van der Waals surface area contributed by atoms with Crippen molar-refractivity contribution in [1.29, 1.82) is 0 Å². The lowest BCUT2D eigenvalue weighted by molar-refractivity contribution is 0.251. The van der Waals surface area contributed by atoms with Crippen LogP contribution in [0.2, 0.25) is 0 Å². The fraction of sp³-hybridized carbons (Fsp3) is 0.500. The van der Waals surface area contributed by atoms with Crippen LogP contribution in [0.25, 0.3) is 0 Å². The number of hydrogen-bond donors (Lipinski definition) is 1. The third-order valence-corrected chi connectivity index (χ3v) is 7.50. The van der Waals surface area contributed by atoms with Gasteiger partial charge in [0.05, 0.1) is 4.90 Å². The van der Waals surface area contributed by atoms with E-state index in [1.54, 1.807) is 16.4 Å². The van der Waals surface area contributed by atoms with E-state index in [1.807, 2.05) is 39.0 Å². The van der Waals surface area contributed by atoms with Crippen molar-refractivity contribution in [3.05, 3.63) is 47.3 Å². The van der Waals surface area contributed by atoms with Crippen molar-refractivity contribution in [2.75, 3.05) is 18.4 Å². The zero-order valence-corrected chi connectivity index (χ0v) is 16.8. The van der Waals surface area contributed by atoms with Crippen molar-refractivity contribution in [2.24, 2.45) is 11.8 Å². The number of fused-ring (bicyclic) bond motifs is 1. The summed E-state index contributed by atoms with van der Waals surface area (Å²) in [5.74, 6) is 1.73. The van der Waals surface area contributed by atoms with Crippen molar-refractivity contribution < 1.29 is 8.42 Å². The Hall–Kier alpha value is -1.99. The second kappa shape index (κ2) is 6.87. The molecule has 2 aliphatic rings. The van der Waals surface area contributed by atoms with Gasteiger partial charge in [0.1, 0.15) is 0 Å². The lowest BCUT2D eigenvalue weighted by Gasteiger charge is -2.34. The van der Waals surface area contributed by atoms with E-state index in [-0.39, 0.29) is 6.04 Å². The summed E-state index contributed by atoms with van der Waals surface area (Å²) < 4.78 is 28.2. The molecule has 1 aromatic heterocycles. The molecule has 1 aromatic carbocycles. The minimum atomic E-state index is -3.50. The Bertz CT molecular complexity index is 923. The van der Waals surface area contributed by atoms with Gasteiger partial charge in [0.2, 0.25) is 16.0 Å². The number of benzene rings is 1. The number of rotatable bonds is 5. The fourth-order valence-electron chi connectivity index (χ4n) is 4.01. The van der Waals surface area contributed by atoms with E-state index >= 15 is 0 Å². The predicted molar refractivity (Wildman–Crippen MR) is 105 cm³/mol. The molecule has 1 saturated heterocycles. The maximum absolute atomic E-state index is 13.3. The first-order valence-electron chi connectivity index (χ1n) is 9.47. The first-order chi connectivity index (χ1) is 12.8. The zero-order valence-electron chi connectivity index (χ0n) is 16.0. The Morgan fingerprint density at radius 3 is 2.37 bits per heavy atom. The molecule has 2 aromatic rings. The van der Waals surface area contributed by atoms with Crippen LogP contribution < -0.4 is 5.32 Å². The van der Waals surface area contributed by atoms with E-state index in [9.17, 15) is 8.42 Å². The second-order valence-corrected chi connectivity index (χ2v) is 9.78. The Labute approximate surface area is 161 Å². The number of aromatic nitrogens is 2. The molecule has 0 spiro atoms. The van der Waals surface area contributed by atoms with Gasteiger partial charge in [0.25, 0.3) is 0 Å². The van der Waals surface area contributed by atoms with Crippen LogP contribution in [-0.2, 0) is 10.0 Å². The van der Waals surface area contributed by atoms with E-state index in [4.69, 9.17) is 0 Å². The molecule has 1 aliphatic heterocycles. The van der Waals surface area contributed by atoms with Crippen molar-refractivity contribution in [3.8, 4) is 0 Å². The van der Waals surface area contributed by atoms with Crippen molar-refractivity contribution >= 4 is 16.0 Å². The molecule has 2 fully saturated rings. The topological polar surface area (TPSA) is 75.2 Å². The number of piperidine rings is 1. The standard InChI is InChI=1S/C20H26N4O2S/c1-13-4-6-19(7-5-13)27(25,26)24-12-17-9-16(17)10-18(24)11-21-20-22-14(2)8-15(3)23-20/h4-8,16-18H,9-12H2,1-3H3,(H,21,22,23). The summed E-state index contributed by atoms with van der Waals surface area (Å²) >= 11 is 0. The molecule has 4 rings (SSSR count). The van der Waals surface area contributed by atoms with Crippen LogP contribution in [-0.4, -0.2) is 41.8 Å². The van der Waals surface area contributed by atoms with Gasteiger partial charge < -0.3 is 5.32 Å². The molecule has 0 amide bonds. The highest BCUT2D eigenvalue weighted by atomic mass is 32.2. The summed E-state index contributed by atoms with van der Waals surface area (Å²) in [5.41, 5.74) is 2.86. The van der Waals surface area contributed by atoms with E-state index in [1.165, 1.54) is 0 Å². The molecule has 1 N–H and O–H groups in total. The molecule has 144 valence electrons. The molecule has 0 radical (unpaired) electrons. The summed E-state index contributed by atoms with van der Waals surface area (Å²) in [6.07, 6.45) is 2.03. The molecule has 6 nitrogen and oxygen atoms in total.